The standard InChI is InChI=1S/C26H30ClF2NO5S2/c1-25(2,3)30-22(31)15-36-13-10-21-18-14-35-24-20(29)9-8-19(28)23(24)26(18,11-12-34-21)37(32,33)17-6-4-16(27)5-7-17/h4-9,18,21H,10-15H2,1-3H3,(H,30,31)/t18-,21-,26-/m0/s1. The fourth-order valence-corrected chi connectivity index (χ4v) is 8.42. The van der Waals surface area contributed by atoms with Crippen molar-refractivity contribution in [3.05, 3.63) is 58.6 Å². The van der Waals surface area contributed by atoms with Crippen molar-refractivity contribution < 1.29 is 31.5 Å². The first-order chi connectivity index (χ1) is 17.4. The third-order valence-corrected chi connectivity index (χ3v) is 10.4. The van der Waals surface area contributed by atoms with Crippen LogP contribution in [0.25, 0.3) is 0 Å². The number of hydrogen-bond donors (Lipinski definition) is 1. The van der Waals surface area contributed by atoms with Crippen LogP contribution in [0.3, 0.4) is 0 Å². The number of nitrogens with one attached hydrogen (secondary N) is 1. The second-order valence-electron chi connectivity index (χ2n) is 10.3. The van der Waals surface area contributed by atoms with Gasteiger partial charge in [-0.05, 0) is 75.8 Å². The lowest BCUT2D eigenvalue weighted by atomic mass is 9.75. The minimum atomic E-state index is -4.25. The van der Waals surface area contributed by atoms with Crippen LogP contribution in [0.1, 0.15) is 39.2 Å². The van der Waals surface area contributed by atoms with Gasteiger partial charge in [-0.3, -0.25) is 4.79 Å². The maximum absolute atomic E-state index is 15.4. The molecule has 1 N–H and O–H groups in total. The van der Waals surface area contributed by atoms with E-state index < -0.39 is 38.2 Å². The zero-order chi connectivity index (χ0) is 27.0. The molecule has 11 heteroatoms. The summed E-state index contributed by atoms with van der Waals surface area (Å²) in [6, 6.07) is 7.55. The predicted octanol–water partition coefficient (Wildman–Crippen LogP) is 5.12. The van der Waals surface area contributed by atoms with Crippen molar-refractivity contribution in [1.29, 1.82) is 0 Å². The van der Waals surface area contributed by atoms with Gasteiger partial charge in [-0.15, -0.1) is 0 Å². The Labute approximate surface area is 225 Å². The minimum Gasteiger partial charge on any atom is -0.490 e. The number of carbonyl (C=O) groups is 1. The van der Waals surface area contributed by atoms with Gasteiger partial charge in [-0.1, -0.05) is 11.6 Å². The molecule has 4 rings (SSSR count). The van der Waals surface area contributed by atoms with Gasteiger partial charge in [0.15, 0.2) is 21.4 Å². The van der Waals surface area contributed by atoms with Gasteiger partial charge in [0.1, 0.15) is 10.6 Å². The van der Waals surface area contributed by atoms with Crippen molar-refractivity contribution in [3.8, 4) is 5.75 Å². The van der Waals surface area contributed by atoms with Gasteiger partial charge in [0.2, 0.25) is 5.91 Å². The van der Waals surface area contributed by atoms with Crippen LogP contribution in [0.2, 0.25) is 5.02 Å². The van der Waals surface area contributed by atoms with E-state index in [4.69, 9.17) is 21.1 Å². The second-order valence-corrected chi connectivity index (χ2v) is 14.0. The van der Waals surface area contributed by atoms with Gasteiger partial charge in [-0.2, -0.15) is 11.8 Å². The smallest absolute Gasteiger partial charge is 0.230 e. The molecule has 1 fully saturated rings. The van der Waals surface area contributed by atoms with E-state index in [9.17, 15) is 17.6 Å². The van der Waals surface area contributed by atoms with E-state index in [-0.39, 0.29) is 53.0 Å². The van der Waals surface area contributed by atoms with E-state index in [0.717, 1.165) is 12.1 Å². The summed E-state index contributed by atoms with van der Waals surface area (Å²) >= 11 is 7.39. The molecule has 2 aliphatic rings. The molecule has 0 aromatic heterocycles. The summed E-state index contributed by atoms with van der Waals surface area (Å²) in [5.74, 6) is -2.18. The zero-order valence-corrected chi connectivity index (χ0v) is 23.2. The quantitative estimate of drug-likeness (QED) is 0.463. The van der Waals surface area contributed by atoms with E-state index in [1.54, 1.807) is 0 Å². The number of amides is 1. The Hall–Kier alpha value is -1.88. The summed E-state index contributed by atoms with van der Waals surface area (Å²) in [4.78, 5) is 12.1. The van der Waals surface area contributed by atoms with Gasteiger partial charge in [0.05, 0.1) is 28.9 Å². The number of ether oxygens (including phenoxy) is 2. The molecule has 2 aromatic rings. The van der Waals surface area contributed by atoms with E-state index in [1.165, 1.54) is 36.0 Å². The molecule has 3 atom stereocenters. The molecule has 2 aromatic carbocycles. The highest BCUT2D eigenvalue weighted by Crippen LogP contribution is 2.56. The Balaban J connectivity index is 1.68. The molecule has 0 bridgehead atoms. The maximum Gasteiger partial charge on any atom is 0.230 e. The highest BCUT2D eigenvalue weighted by Gasteiger charge is 2.61. The lowest BCUT2D eigenvalue weighted by molar-refractivity contribution is -0.119. The predicted molar refractivity (Wildman–Crippen MR) is 140 cm³/mol. The van der Waals surface area contributed by atoms with Crippen LogP contribution in [-0.2, 0) is 24.1 Å². The summed E-state index contributed by atoms with van der Waals surface area (Å²) in [6.45, 7) is 5.58. The first-order valence-electron chi connectivity index (χ1n) is 12.0. The molecule has 0 aliphatic carbocycles. The van der Waals surface area contributed by atoms with Crippen molar-refractivity contribution >= 4 is 39.1 Å². The number of sulfone groups is 1. The monoisotopic (exact) mass is 573 g/mol. The Bertz CT molecular complexity index is 1270. The van der Waals surface area contributed by atoms with Crippen LogP contribution in [0, 0.1) is 17.6 Å². The van der Waals surface area contributed by atoms with Crippen LogP contribution in [0.5, 0.6) is 5.75 Å². The lowest BCUT2D eigenvalue weighted by Gasteiger charge is -2.50. The summed E-state index contributed by atoms with van der Waals surface area (Å²) < 4.78 is 68.6. The first-order valence-corrected chi connectivity index (χ1v) is 15.0. The van der Waals surface area contributed by atoms with E-state index in [0.29, 0.717) is 17.2 Å². The van der Waals surface area contributed by atoms with Crippen LogP contribution in [0.15, 0.2) is 41.3 Å². The Morgan fingerprint density at radius 1 is 1.16 bits per heavy atom. The van der Waals surface area contributed by atoms with Crippen molar-refractivity contribution in [1.82, 2.24) is 5.32 Å². The average molecular weight is 574 g/mol. The topological polar surface area (TPSA) is 81.7 Å². The van der Waals surface area contributed by atoms with Gasteiger partial charge < -0.3 is 14.8 Å². The van der Waals surface area contributed by atoms with Gasteiger partial charge in [0.25, 0.3) is 0 Å². The number of thioether (sulfide) groups is 1. The van der Waals surface area contributed by atoms with Crippen LogP contribution < -0.4 is 10.1 Å². The molecule has 1 amide bonds. The molecule has 202 valence electrons. The summed E-state index contributed by atoms with van der Waals surface area (Å²) in [7, 11) is -4.25. The molecular formula is C26H30ClF2NO5S2. The van der Waals surface area contributed by atoms with Crippen molar-refractivity contribution in [2.24, 2.45) is 5.92 Å². The van der Waals surface area contributed by atoms with Crippen molar-refractivity contribution in [2.75, 3.05) is 24.7 Å². The van der Waals surface area contributed by atoms with Crippen LogP contribution in [-0.4, -0.2) is 50.7 Å². The Kier molecular flexibility index (Phi) is 8.14. The van der Waals surface area contributed by atoms with Gasteiger partial charge in [-0.25, -0.2) is 17.2 Å². The molecule has 2 aliphatic heterocycles. The number of benzene rings is 2. The number of hydrogen-bond acceptors (Lipinski definition) is 6. The van der Waals surface area contributed by atoms with Crippen molar-refractivity contribution in [3.63, 3.8) is 0 Å². The molecule has 2 heterocycles. The molecule has 0 unspecified atom stereocenters. The molecule has 6 nitrogen and oxygen atoms in total. The van der Waals surface area contributed by atoms with Crippen molar-refractivity contribution in [2.45, 2.75) is 54.9 Å². The lowest BCUT2D eigenvalue weighted by Crippen LogP contribution is -2.57. The highest BCUT2D eigenvalue weighted by molar-refractivity contribution is 7.99. The van der Waals surface area contributed by atoms with Gasteiger partial charge >= 0.3 is 0 Å². The number of rotatable bonds is 7. The SMILES string of the molecule is CC(C)(C)NC(=O)CSCC[C@@H]1OCC[C@@]2(S(=O)(=O)c3ccc(Cl)cc3)c3c(F)ccc(F)c3OC[C@@H]12. The van der Waals surface area contributed by atoms with E-state index in [1.807, 2.05) is 20.8 Å². The average Bonchev–Trinajstić information content (AvgIpc) is 2.82. The summed E-state index contributed by atoms with van der Waals surface area (Å²) in [5.41, 5.74) is -0.629. The first kappa shape index (κ1) is 28.1. The fourth-order valence-electron chi connectivity index (χ4n) is 5.15. The molecule has 0 radical (unpaired) electrons. The molecule has 1 saturated heterocycles. The molecule has 0 saturated carbocycles. The third-order valence-electron chi connectivity index (χ3n) is 6.64. The van der Waals surface area contributed by atoms with Crippen LogP contribution in [0.4, 0.5) is 8.78 Å². The fraction of sp³-hybridized carbons (Fsp3) is 0.500. The largest absolute Gasteiger partial charge is 0.490 e. The van der Waals surface area contributed by atoms with E-state index >= 15 is 4.39 Å². The summed E-state index contributed by atoms with van der Waals surface area (Å²) in [5, 5.41) is 3.25. The van der Waals surface area contributed by atoms with Gasteiger partial charge in [0, 0.05) is 23.1 Å². The number of fused-ring (bicyclic) bond motifs is 3. The third kappa shape index (κ3) is 5.48. The molecule has 0 spiro atoms. The van der Waals surface area contributed by atoms with Crippen LogP contribution >= 0.6 is 23.4 Å². The van der Waals surface area contributed by atoms with E-state index in [2.05, 4.69) is 5.32 Å². The normalized spacial score (nSPS) is 23.5. The Morgan fingerprint density at radius 3 is 2.51 bits per heavy atom. The second kappa shape index (κ2) is 10.7. The molecule has 37 heavy (non-hydrogen) atoms. The number of carbonyl (C=O) groups excluding carboxylic acids is 1. The Morgan fingerprint density at radius 2 is 1.84 bits per heavy atom. The zero-order valence-electron chi connectivity index (χ0n) is 20.9. The minimum absolute atomic E-state index is 0.0349. The highest BCUT2D eigenvalue weighted by atomic mass is 35.5. The number of halogens is 3. The summed E-state index contributed by atoms with van der Waals surface area (Å²) in [6.07, 6.45) is -0.257. The molecular weight excluding hydrogens is 544 g/mol. The maximum atomic E-state index is 15.4.